The van der Waals surface area contributed by atoms with Crippen LogP contribution in [0.25, 0.3) is 0 Å². The van der Waals surface area contributed by atoms with E-state index in [9.17, 15) is 4.79 Å². The van der Waals surface area contributed by atoms with Crippen LogP contribution >= 0.6 is 0 Å². The molecule has 0 fully saturated rings. The highest BCUT2D eigenvalue weighted by Crippen LogP contribution is 2.08. The smallest absolute Gasteiger partial charge is 0.283 e. The lowest BCUT2D eigenvalue weighted by Crippen LogP contribution is -2.09. The van der Waals surface area contributed by atoms with Crippen molar-refractivity contribution < 1.29 is 9.90 Å². The standard InChI is InChI=1S/C11H23NO.CHNO/c1-2-3-4-5-6-7-8-9-10-11(12)13;2-1-3/h2-10H2,1H3,(H2,12,13);3H. The van der Waals surface area contributed by atoms with Gasteiger partial charge in [0.25, 0.3) is 6.26 Å². The van der Waals surface area contributed by atoms with Crippen LogP contribution in [-0.2, 0) is 4.79 Å². The van der Waals surface area contributed by atoms with E-state index in [2.05, 4.69) is 6.92 Å². The Labute approximate surface area is 98.4 Å². The number of hydrogen-bond acceptors (Lipinski definition) is 3. The first-order chi connectivity index (χ1) is 7.68. The van der Waals surface area contributed by atoms with Gasteiger partial charge in [0.1, 0.15) is 0 Å². The number of nitrogens with two attached hydrogens (primary N) is 1. The minimum Gasteiger partial charge on any atom is -0.443 e. The third kappa shape index (κ3) is 23.0. The quantitative estimate of drug-likeness (QED) is 0.470. The fourth-order valence-corrected chi connectivity index (χ4v) is 1.43. The number of rotatable bonds is 9. The van der Waals surface area contributed by atoms with Crippen molar-refractivity contribution in [2.24, 2.45) is 5.73 Å². The molecule has 0 aromatic heterocycles. The van der Waals surface area contributed by atoms with Gasteiger partial charge in [-0.2, -0.15) is 5.26 Å². The Bertz CT molecular complexity index is 188. The van der Waals surface area contributed by atoms with Crippen LogP contribution < -0.4 is 5.73 Å². The second kappa shape index (κ2) is 16.2. The van der Waals surface area contributed by atoms with Crippen molar-refractivity contribution in [2.75, 3.05) is 0 Å². The molecule has 1 amide bonds. The van der Waals surface area contributed by atoms with Crippen molar-refractivity contribution in [3.05, 3.63) is 0 Å². The first-order valence-corrected chi connectivity index (χ1v) is 6.00. The highest BCUT2D eigenvalue weighted by Gasteiger charge is 1.94. The molecule has 0 unspecified atom stereocenters. The summed E-state index contributed by atoms with van der Waals surface area (Å²) in [6.07, 6.45) is 11.4. The van der Waals surface area contributed by atoms with Gasteiger partial charge in [0.15, 0.2) is 0 Å². The van der Waals surface area contributed by atoms with E-state index in [1.807, 2.05) is 0 Å². The maximum absolute atomic E-state index is 10.4. The minimum atomic E-state index is -0.161. The van der Waals surface area contributed by atoms with Crippen LogP contribution in [0.2, 0.25) is 0 Å². The number of nitriles is 1. The third-order valence-electron chi connectivity index (χ3n) is 2.28. The van der Waals surface area contributed by atoms with Crippen molar-refractivity contribution in [3.8, 4) is 6.26 Å². The summed E-state index contributed by atoms with van der Waals surface area (Å²) in [5, 5.41) is 13.8. The lowest BCUT2D eigenvalue weighted by Gasteiger charge is -1.99. The SMILES string of the molecule is CCCCCCCCCCC(N)=O.N#CO. The summed E-state index contributed by atoms with van der Waals surface area (Å²) < 4.78 is 0. The van der Waals surface area contributed by atoms with Gasteiger partial charge in [-0.25, -0.2) is 0 Å². The number of carbonyl (C=O) groups is 1. The number of aliphatic hydroxyl groups is 1. The van der Waals surface area contributed by atoms with Crippen molar-refractivity contribution in [1.29, 1.82) is 5.26 Å². The molecule has 0 radical (unpaired) electrons. The van der Waals surface area contributed by atoms with Gasteiger partial charge in [-0.1, -0.05) is 51.9 Å². The molecular weight excluding hydrogens is 204 g/mol. The van der Waals surface area contributed by atoms with Crippen LogP contribution in [0.4, 0.5) is 0 Å². The van der Waals surface area contributed by atoms with Gasteiger partial charge in [0.2, 0.25) is 5.91 Å². The summed E-state index contributed by atoms with van der Waals surface area (Å²) in [4.78, 5) is 10.4. The van der Waals surface area contributed by atoms with E-state index in [-0.39, 0.29) is 5.91 Å². The van der Waals surface area contributed by atoms with Crippen LogP contribution in [-0.4, -0.2) is 11.0 Å². The van der Waals surface area contributed by atoms with Crippen molar-refractivity contribution in [2.45, 2.75) is 64.7 Å². The summed E-state index contributed by atoms with van der Waals surface area (Å²) in [5.74, 6) is -0.161. The van der Waals surface area contributed by atoms with Crippen LogP contribution in [0, 0.1) is 11.5 Å². The van der Waals surface area contributed by atoms with Gasteiger partial charge in [0, 0.05) is 6.42 Å². The predicted octanol–water partition coefficient (Wildman–Crippen LogP) is 2.84. The molecule has 0 aromatic carbocycles. The molecule has 0 atom stereocenters. The number of aliphatic hydroxyl groups excluding tert-OH is 1. The fourth-order valence-electron chi connectivity index (χ4n) is 1.43. The van der Waals surface area contributed by atoms with Crippen molar-refractivity contribution >= 4 is 5.91 Å². The molecule has 4 heteroatoms. The summed E-state index contributed by atoms with van der Waals surface area (Å²) in [6, 6.07) is 0. The first-order valence-electron chi connectivity index (χ1n) is 6.00. The van der Waals surface area contributed by atoms with Gasteiger partial charge in [-0.3, -0.25) is 4.79 Å². The lowest BCUT2D eigenvalue weighted by atomic mass is 10.1. The Balaban J connectivity index is 0. The molecule has 0 spiro atoms. The highest BCUT2D eigenvalue weighted by molar-refractivity contribution is 5.73. The summed E-state index contributed by atoms with van der Waals surface area (Å²) in [5.41, 5.74) is 5.03. The zero-order valence-electron chi connectivity index (χ0n) is 10.2. The molecule has 3 N–H and O–H groups in total. The average Bonchev–Trinajstić information content (AvgIpc) is 2.23. The highest BCUT2D eigenvalue weighted by atomic mass is 16.2. The van der Waals surface area contributed by atoms with Crippen molar-refractivity contribution in [3.63, 3.8) is 0 Å². The predicted molar refractivity (Wildman–Crippen MR) is 64.0 cm³/mol. The summed E-state index contributed by atoms with van der Waals surface area (Å²) in [7, 11) is 0. The lowest BCUT2D eigenvalue weighted by molar-refractivity contribution is -0.118. The topological polar surface area (TPSA) is 87.1 Å². The molecule has 0 rings (SSSR count). The Morgan fingerprint density at radius 3 is 1.88 bits per heavy atom. The molecule has 0 aromatic rings. The zero-order chi connectivity index (χ0) is 12.6. The zero-order valence-corrected chi connectivity index (χ0v) is 10.2. The minimum absolute atomic E-state index is 0.161. The largest absolute Gasteiger partial charge is 0.443 e. The number of nitrogens with zero attached hydrogens (tertiary/aromatic N) is 1. The van der Waals surface area contributed by atoms with E-state index in [0.717, 1.165) is 19.1 Å². The second-order valence-electron chi connectivity index (χ2n) is 3.79. The normalized spacial score (nSPS) is 8.75. The monoisotopic (exact) mass is 228 g/mol. The number of unbranched alkanes of at least 4 members (excludes halogenated alkanes) is 7. The Morgan fingerprint density at radius 2 is 1.50 bits per heavy atom. The molecule has 0 saturated carbocycles. The molecule has 0 bridgehead atoms. The first kappa shape index (κ1) is 17.2. The molecule has 94 valence electrons. The molecule has 4 nitrogen and oxygen atoms in total. The maximum Gasteiger partial charge on any atom is 0.283 e. The Hall–Kier alpha value is -1.24. The van der Waals surface area contributed by atoms with Gasteiger partial charge >= 0.3 is 0 Å². The van der Waals surface area contributed by atoms with Gasteiger partial charge < -0.3 is 10.8 Å². The van der Waals surface area contributed by atoms with Crippen LogP contribution in [0.1, 0.15) is 64.7 Å². The Morgan fingerprint density at radius 1 is 1.12 bits per heavy atom. The van der Waals surface area contributed by atoms with E-state index < -0.39 is 0 Å². The van der Waals surface area contributed by atoms with Crippen LogP contribution in [0.5, 0.6) is 0 Å². The van der Waals surface area contributed by atoms with Crippen LogP contribution in [0.15, 0.2) is 0 Å². The summed E-state index contributed by atoms with van der Waals surface area (Å²) in [6.45, 7) is 2.23. The fraction of sp³-hybridized carbons (Fsp3) is 0.833. The maximum atomic E-state index is 10.4. The third-order valence-corrected chi connectivity index (χ3v) is 2.28. The van der Waals surface area contributed by atoms with E-state index in [1.165, 1.54) is 38.5 Å². The van der Waals surface area contributed by atoms with E-state index in [0.29, 0.717) is 6.42 Å². The van der Waals surface area contributed by atoms with E-state index in [1.54, 1.807) is 0 Å². The van der Waals surface area contributed by atoms with Gasteiger partial charge in [-0.15, -0.1) is 0 Å². The molecule has 0 aliphatic heterocycles. The molecule has 0 aliphatic carbocycles. The number of carbonyl (C=O) groups excluding carboxylic acids is 1. The molecule has 0 aliphatic rings. The van der Waals surface area contributed by atoms with Crippen molar-refractivity contribution in [1.82, 2.24) is 0 Å². The second-order valence-corrected chi connectivity index (χ2v) is 3.79. The average molecular weight is 228 g/mol. The number of primary amides is 1. The molecule has 16 heavy (non-hydrogen) atoms. The van der Waals surface area contributed by atoms with Gasteiger partial charge in [-0.05, 0) is 6.42 Å². The summed E-state index contributed by atoms with van der Waals surface area (Å²) >= 11 is 0. The number of amides is 1. The Kier molecular flexibility index (Phi) is 17.4. The van der Waals surface area contributed by atoms with E-state index >= 15 is 0 Å². The molecule has 0 saturated heterocycles. The van der Waals surface area contributed by atoms with E-state index in [4.69, 9.17) is 16.1 Å². The number of hydrogen-bond donors (Lipinski definition) is 2. The molecular formula is C12H24N2O2. The molecule has 0 heterocycles. The van der Waals surface area contributed by atoms with Gasteiger partial charge in [0.05, 0.1) is 0 Å². The van der Waals surface area contributed by atoms with Crippen LogP contribution in [0.3, 0.4) is 0 Å².